The molecule has 11 heteroatoms. The largest absolute Gasteiger partial charge is 0.369 e. The van der Waals surface area contributed by atoms with Gasteiger partial charge in [0, 0.05) is 36.2 Å². The first-order valence-electron chi connectivity index (χ1n) is 14.2. The van der Waals surface area contributed by atoms with Gasteiger partial charge in [-0.25, -0.2) is 17.8 Å². The van der Waals surface area contributed by atoms with Crippen LogP contribution in [0, 0.1) is 34.4 Å². The van der Waals surface area contributed by atoms with Crippen LogP contribution < -0.4 is 10.2 Å². The SMILES string of the molecule is N#Cc1cc(F)ccc1-c1nc([C@@H]2CCCC[C@H]2C(=O)NC2(C#N)CC2)c(-c2ccc(N3CCS(=O)(=O)CC3)cc2)s1. The molecule has 2 aliphatic carbocycles. The molecule has 3 aromatic rings. The molecule has 2 heterocycles. The molecule has 6 rings (SSSR count). The maximum absolute atomic E-state index is 14.0. The van der Waals surface area contributed by atoms with Crippen molar-refractivity contribution in [3.8, 4) is 33.2 Å². The van der Waals surface area contributed by atoms with E-state index in [1.54, 1.807) is 6.07 Å². The summed E-state index contributed by atoms with van der Waals surface area (Å²) in [5, 5.41) is 22.9. The van der Waals surface area contributed by atoms with Crippen molar-refractivity contribution in [3.63, 3.8) is 0 Å². The van der Waals surface area contributed by atoms with Crippen LogP contribution in [0.3, 0.4) is 0 Å². The van der Waals surface area contributed by atoms with E-state index in [-0.39, 0.29) is 34.8 Å². The summed E-state index contributed by atoms with van der Waals surface area (Å²) in [7, 11) is -2.99. The second-order valence-corrected chi connectivity index (χ2v) is 14.7. The Kier molecular flexibility index (Phi) is 7.50. The summed E-state index contributed by atoms with van der Waals surface area (Å²) in [6.07, 6.45) is 4.65. The van der Waals surface area contributed by atoms with Gasteiger partial charge in [-0.3, -0.25) is 4.79 Å². The lowest BCUT2D eigenvalue weighted by atomic mass is 9.76. The predicted molar refractivity (Wildman–Crippen MR) is 159 cm³/mol. The number of hydrogen-bond donors (Lipinski definition) is 1. The average Bonchev–Trinajstić information content (AvgIpc) is 3.64. The number of hydrogen-bond acceptors (Lipinski definition) is 8. The van der Waals surface area contributed by atoms with Crippen LogP contribution in [0.2, 0.25) is 0 Å². The Bertz CT molecular complexity index is 1700. The second kappa shape index (κ2) is 11.1. The van der Waals surface area contributed by atoms with E-state index in [1.807, 2.05) is 24.3 Å². The summed E-state index contributed by atoms with van der Waals surface area (Å²) in [4.78, 5) is 21.5. The third kappa shape index (κ3) is 5.64. The van der Waals surface area contributed by atoms with Gasteiger partial charge in [-0.1, -0.05) is 25.0 Å². The first-order chi connectivity index (χ1) is 20.2. The smallest absolute Gasteiger partial charge is 0.225 e. The molecule has 3 aliphatic rings. The fourth-order valence-corrected chi connectivity index (χ4v) is 8.37. The molecular weight excluding hydrogens is 574 g/mol. The molecule has 42 heavy (non-hydrogen) atoms. The van der Waals surface area contributed by atoms with Crippen LogP contribution >= 0.6 is 11.3 Å². The van der Waals surface area contributed by atoms with Crippen molar-refractivity contribution >= 4 is 32.8 Å². The van der Waals surface area contributed by atoms with E-state index in [0.29, 0.717) is 42.9 Å². The summed E-state index contributed by atoms with van der Waals surface area (Å²) < 4.78 is 37.7. The minimum absolute atomic E-state index is 0.117. The minimum Gasteiger partial charge on any atom is -0.369 e. The van der Waals surface area contributed by atoms with Crippen molar-refractivity contribution in [3.05, 3.63) is 59.5 Å². The Hall–Kier alpha value is -3.80. The molecule has 1 saturated heterocycles. The number of nitriles is 2. The fraction of sp³-hybridized carbons (Fsp3) is 0.419. The van der Waals surface area contributed by atoms with Crippen LogP contribution in [0.25, 0.3) is 21.0 Å². The monoisotopic (exact) mass is 603 g/mol. The van der Waals surface area contributed by atoms with Crippen LogP contribution in [-0.4, -0.2) is 49.4 Å². The molecular formula is C31H30FN5O3S2. The average molecular weight is 604 g/mol. The van der Waals surface area contributed by atoms with Crippen LogP contribution in [0.15, 0.2) is 42.5 Å². The third-order valence-corrected chi connectivity index (χ3v) is 11.4. The van der Waals surface area contributed by atoms with E-state index >= 15 is 0 Å². The Morgan fingerprint density at radius 2 is 1.79 bits per heavy atom. The molecule has 2 saturated carbocycles. The highest BCUT2D eigenvalue weighted by Gasteiger charge is 2.47. The molecule has 1 aliphatic heterocycles. The number of anilines is 1. The van der Waals surface area contributed by atoms with Crippen molar-refractivity contribution in [2.75, 3.05) is 29.5 Å². The number of halogens is 1. The zero-order valence-corrected chi connectivity index (χ0v) is 24.6. The third-order valence-electron chi connectivity index (χ3n) is 8.61. The molecule has 0 unspecified atom stereocenters. The van der Waals surface area contributed by atoms with Crippen LogP contribution in [0.5, 0.6) is 0 Å². The standard InChI is InChI=1S/C31H30FN5O3S2/c32-22-7-10-24(21(17-22)18-33)30-35-27(25-3-1-2-4-26(25)29(38)36-31(19-34)11-12-31)28(41-30)20-5-8-23(9-6-20)37-13-15-42(39,40)16-14-37/h5-10,17,25-26H,1-4,11-16H2,(H,36,38)/t25-,26-/m1/s1. The van der Waals surface area contributed by atoms with Gasteiger partial charge in [-0.15, -0.1) is 11.3 Å². The van der Waals surface area contributed by atoms with Gasteiger partial charge in [0.25, 0.3) is 0 Å². The first kappa shape index (κ1) is 28.3. The molecule has 0 bridgehead atoms. The normalized spacial score (nSPS) is 22.5. The zero-order chi connectivity index (χ0) is 29.5. The van der Waals surface area contributed by atoms with Gasteiger partial charge in [-0.05, 0) is 61.6 Å². The molecule has 0 radical (unpaired) electrons. The molecule has 1 aromatic heterocycles. The number of nitrogens with one attached hydrogen (secondary N) is 1. The van der Waals surface area contributed by atoms with Crippen LogP contribution in [0.4, 0.5) is 10.1 Å². The van der Waals surface area contributed by atoms with Gasteiger partial charge in [0.15, 0.2) is 9.84 Å². The summed E-state index contributed by atoms with van der Waals surface area (Å²) in [5.74, 6) is -0.858. The number of carbonyl (C=O) groups excluding carboxylic acids is 1. The molecule has 2 aromatic carbocycles. The number of carbonyl (C=O) groups is 1. The number of nitrogens with zero attached hydrogens (tertiary/aromatic N) is 4. The lowest BCUT2D eigenvalue weighted by Gasteiger charge is -2.31. The molecule has 3 fully saturated rings. The number of amides is 1. The lowest BCUT2D eigenvalue weighted by Crippen LogP contribution is -2.42. The topological polar surface area (TPSA) is 127 Å². The highest BCUT2D eigenvalue weighted by molar-refractivity contribution is 7.91. The number of benzene rings is 2. The molecule has 216 valence electrons. The number of rotatable bonds is 6. The van der Waals surface area contributed by atoms with E-state index in [2.05, 4.69) is 22.4 Å². The van der Waals surface area contributed by atoms with E-state index < -0.39 is 21.2 Å². The summed E-state index contributed by atoms with van der Waals surface area (Å²) >= 11 is 1.42. The number of aromatic nitrogens is 1. The molecule has 0 spiro atoms. The van der Waals surface area contributed by atoms with Gasteiger partial charge in [0.2, 0.25) is 5.91 Å². The van der Waals surface area contributed by atoms with Gasteiger partial charge in [-0.2, -0.15) is 10.5 Å². The van der Waals surface area contributed by atoms with Crippen LogP contribution in [-0.2, 0) is 14.6 Å². The van der Waals surface area contributed by atoms with E-state index in [9.17, 15) is 28.1 Å². The van der Waals surface area contributed by atoms with E-state index in [0.717, 1.165) is 41.1 Å². The number of sulfone groups is 1. The summed E-state index contributed by atoms with van der Waals surface area (Å²) in [6, 6.07) is 16.4. The Morgan fingerprint density at radius 3 is 2.45 bits per heavy atom. The van der Waals surface area contributed by atoms with Crippen LogP contribution in [0.1, 0.15) is 55.7 Å². The molecule has 1 N–H and O–H groups in total. The van der Waals surface area contributed by atoms with Crippen molar-refractivity contribution in [2.24, 2.45) is 5.92 Å². The van der Waals surface area contributed by atoms with Gasteiger partial charge in [0.05, 0.1) is 39.8 Å². The van der Waals surface area contributed by atoms with Gasteiger partial charge < -0.3 is 10.2 Å². The van der Waals surface area contributed by atoms with Crippen molar-refractivity contribution in [1.82, 2.24) is 10.3 Å². The molecule has 2 atom stereocenters. The summed E-state index contributed by atoms with van der Waals surface area (Å²) in [6.45, 7) is 0.893. The molecule has 8 nitrogen and oxygen atoms in total. The van der Waals surface area contributed by atoms with E-state index in [4.69, 9.17) is 4.98 Å². The van der Waals surface area contributed by atoms with Crippen molar-refractivity contribution < 1.29 is 17.6 Å². The maximum atomic E-state index is 14.0. The summed E-state index contributed by atoms with van der Waals surface area (Å²) in [5.41, 5.74) is 2.60. The van der Waals surface area contributed by atoms with E-state index in [1.165, 1.54) is 23.5 Å². The zero-order valence-electron chi connectivity index (χ0n) is 23.0. The Labute approximate surface area is 248 Å². The highest BCUT2D eigenvalue weighted by Crippen LogP contribution is 2.47. The fourth-order valence-electron chi connectivity index (χ4n) is 5.99. The molecule has 1 amide bonds. The number of thiazole rings is 1. The predicted octanol–water partition coefficient (Wildman–Crippen LogP) is 5.17. The maximum Gasteiger partial charge on any atom is 0.225 e. The van der Waals surface area contributed by atoms with Gasteiger partial charge >= 0.3 is 0 Å². The van der Waals surface area contributed by atoms with Gasteiger partial charge in [0.1, 0.15) is 16.4 Å². The highest BCUT2D eigenvalue weighted by atomic mass is 32.2. The Morgan fingerprint density at radius 1 is 1.07 bits per heavy atom. The Balaban J connectivity index is 1.38. The minimum atomic E-state index is -2.99. The second-order valence-electron chi connectivity index (χ2n) is 11.4. The first-order valence-corrected chi connectivity index (χ1v) is 16.8. The lowest BCUT2D eigenvalue weighted by molar-refractivity contribution is -0.127. The quantitative estimate of drug-likeness (QED) is 0.412. The van der Waals surface area contributed by atoms with Crippen molar-refractivity contribution in [1.29, 1.82) is 10.5 Å². The van der Waals surface area contributed by atoms with Crippen molar-refractivity contribution in [2.45, 2.75) is 50.0 Å².